The zero-order valence-corrected chi connectivity index (χ0v) is 15.8. The number of amides is 1. The van der Waals surface area contributed by atoms with Crippen LogP contribution in [0.1, 0.15) is 0 Å². The molecule has 0 radical (unpaired) electrons. The number of benzene rings is 2. The molecule has 0 fully saturated rings. The molecule has 0 saturated carbocycles. The Morgan fingerprint density at radius 3 is 2.38 bits per heavy atom. The Bertz CT molecular complexity index is 850. The fourth-order valence-electron chi connectivity index (χ4n) is 1.73. The monoisotopic (exact) mass is 452 g/mol. The van der Waals surface area contributed by atoms with E-state index in [1.165, 1.54) is 30.3 Å². The van der Waals surface area contributed by atoms with Crippen molar-refractivity contribution in [2.45, 2.75) is 4.90 Å². The van der Waals surface area contributed by atoms with Crippen LogP contribution in [0.15, 0.2) is 45.8 Å². The van der Waals surface area contributed by atoms with E-state index in [9.17, 15) is 13.2 Å². The number of primary sulfonamides is 1. The number of carbonyl (C=O) groups is 1. The van der Waals surface area contributed by atoms with Gasteiger partial charge in [-0.3, -0.25) is 4.79 Å². The second kappa shape index (κ2) is 7.71. The molecule has 0 aliphatic carbocycles. The lowest BCUT2D eigenvalue weighted by molar-refractivity contribution is -0.118. The molecule has 0 bridgehead atoms. The molecule has 6 nitrogen and oxygen atoms in total. The molecule has 128 valence electrons. The van der Waals surface area contributed by atoms with Crippen LogP contribution in [0.2, 0.25) is 10.0 Å². The van der Waals surface area contributed by atoms with E-state index in [1.807, 2.05) is 0 Å². The average Bonchev–Trinajstić information content (AvgIpc) is 2.45. The van der Waals surface area contributed by atoms with Gasteiger partial charge in [0.1, 0.15) is 0 Å². The van der Waals surface area contributed by atoms with Crippen LogP contribution in [-0.2, 0) is 14.8 Å². The van der Waals surface area contributed by atoms with Crippen LogP contribution in [0.4, 0.5) is 5.69 Å². The first kappa shape index (κ1) is 19.0. The molecule has 2 rings (SSSR count). The summed E-state index contributed by atoms with van der Waals surface area (Å²) in [5.41, 5.74) is 0.400. The van der Waals surface area contributed by atoms with E-state index in [0.29, 0.717) is 20.9 Å². The fourth-order valence-corrected chi connectivity index (χ4v) is 3.61. The smallest absolute Gasteiger partial charge is 0.262 e. The highest BCUT2D eigenvalue weighted by Crippen LogP contribution is 2.35. The molecule has 3 N–H and O–H groups in total. The minimum Gasteiger partial charge on any atom is -0.481 e. The number of hydrogen-bond acceptors (Lipinski definition) is 4. The van der Waals surface area contributed by atoms with Crippen molar-refractivity contribution in [1.82, 2.24) is 0 Å². The van der Waals surface area contributed by atoms with E-state index in [-0.39, 0.29) is 16.5 Å². The quantitative estimate of drug-likeness (QED) is 0.724. The summed E-state index contributed by atoms with van der Waals surface area (Å²) in [4.78, 5) is 11.8. The zero-order chi connectivity index (χ0) is 17.9. The predicted octanol–water partition coefficient (Wildman–Crippen LogP) is 3.42. The molecule has 0 heterocycles. The lowest BCUT2D eigenvalue weighted by Crippen LogP contribution is -2.20. The molecular formula is C14H11BrCl2N2O4S. The molecule has 0 atom stereocenters. The molecule has 24 heavy (non-hydrogen) atoms. The Morgan fingerprint density at radius 1 is 1.21 bits per heavy atom. The summed E-state index contributed by atoms with van der Waals surface area (Å²) in [5.74, 6) is -0.155. The van der Waals surface area contributed by atoms with Crippen LogP contribution in [-0.4, -0.2) is 20.9 Å². The lowest BCUT2D eigenvalue weighted by atomic mass is 10.3. The van der Waals surface area contributed by atoms with Gasteiger partial charge in [-0.1, -0.05) is 23.2 Å². The molecule has 0 aliphatic heterocycles. The Balaban J connectivity index is 1.99. The first-order valence-electron chi connectivity index (χ1n) is 6.37. The van der Waals surface area contributed by atoms with E-state index in [1.54, 1.807) is 6.07 Å². The summed E-state index contributed by atoms with van der Waals surface area (Å²) in [6.45, 7) is -0.295. The number of halogens is 3. The number of ether oxygens (including phenoxy) is 1. The molecular weight excluding hydrogens is 443 g/mol. The van der Waals surface area contributed by atoms with Crippen molar-refractivity contribution in [3.8, 4) is 5.75 Å². The maximum absolute atomic E-state index is 11.9. The topological polar surface area (TPSA) is 98.5 Å². The van der Waals surface area contributed by atoms with Gasteiger partial charge in [-0.15, -0.1) is 0 Å². The van der Waals surface area contributed by atoms with E-state index >= 15 is 0 Å². The number of hydrogen-bond donors (Lipinski definition) is 2. The van der Waals surface area contributed by atoms with Crippen molar-refractivity contribution >= 4 is 60.7 Å². The van der Waals surface area contributed by atoms with Gasteiger partial charge in [0.15, 0.2) is 12.4 Å². The van der Waals surface area contributed by atoms with E-state index < -0.39 is 15.9 Å². The van der Waals surface area contributed by atoms with Crippen LogP contribution in [0.3, 0.4) is 0 Å². The van der Waals surface area contributed by atoms with E-state index in [2.05, 4.69) is 21.2 Å². The standard InChI is InChI=1S/C14H11BrCl2N2O4S/c15-11-5-8(16)6-12(17)14(11)23-7-13(20)19-9-1-3-10(4-2-9)24(18,21)22/h1-6H,7H2,(H,19,20)(H2,18,21,22). The zero-order valence-electron chi connectivity index (χ0n) is 11.9. The minimum atomic E-state index is -3.78. The van der Waals surface area contributed by atoms with E-state index in [0.717, 1.165) is 0 Å². The van der Waals surface area contributed by atoms with Gasteiger partial charge >= 0.3 is 0 Å². The molecule has 10 heteroatoms. The van der Waals surface area contributed by atoms with Crippen molar-refractivity contribution in [3.63, 3.8) is 0 Å². The highest BCUT2D eigenvalue weighted by Gasteiger charge is 2.12. The van der Waals surface area contributed by atoms with Crippen molar-refractivity contribution in [1.29, 1.82) is 0 Å². The van der Waals surface area contributed by atoms with Crippen molar-refractivity contribution in [3.05, 3.63) is 50.9 Å². The van der Waals surface area contributed by atoms with Gasteiger partial charge in [0.25, 0.3) is 5.91 Å². The number of nitrogens with one attached hydrogen (secondary N) is 1. The first-order chi connectivity index (χ1) is 11.2. The Hall–Kier alpha value is -1.32. The Labute approximate surface area is 157 Å². The fraction of sp³-hybridized carbons (Fsp3) is 0.0714. The van der Waals surface area contributed by atoms with Crippen LogP contribution < -0.4 is 15.2 Å². The average molecular weight is 454 g/mol. The Morgan fingerprint density at radius 2 is 1.83 bits per heavy atom. The number of sulfonamides is 1. The van der Waals surface area contributed by atoms with Gasteiger partial charge in [0.2, 0.25) is 10.0 Å². The summed E-state index contributed by atoms with van der Waals surface area (Å²) >= 11 is 15.1. The number of anilines is 1. The lowest BCUT2D eigenvalue weighted by Gasteiger charge is -2.11. The molecule has 2 aromatic rings. The molecule has 0 saturated heterocycles. The van der Waals surface area contributed by atoms with Gasteiger partial charge in [-0.2, -0.15) is 0 Å². The van der Waals surface area contributed by atoms with Crippen molar-refractivity contribution in [2.24, 2.45) is 5.14 Å². The predicted molar refractivity (Wildman–Crippen MR) is 96.1 cm³/mol. The summed E-state index contributed by atoms with van der Waals surface area (Å²) < 4.78 is 28.2. The molecule has 1 amide bonds. The van der Waals surface area contributed by atoms with Crippen LogP contribution in [0.5, 0.6) is 5.75 Å². The van der Waals surface area contributed by atoms with Gasteiger partial charge in [-0.25, -0.2) is 13.6 Å². The van der Waals surface area contributed by atoms with Crippen LogP contribution in [0, 0.1) is 0 Å². The van der Waals surface area contributed by atoms with Crippen molar-refractivity contribution in [2.75, 3.05) is 11.9 Å². The second-order valence-corrected chi connectivity index (χ2v) is 7.86. The molecule has 2 aromatic carbocycles. The third kappa shape index (κ3) is 5.09. The molecule has 0 aliphatic rings. The van der Waals surface area contributed by atoms with Gasteiger partial charge in [0.05, 0.1) is 14.4 Å². The second-order valence-electron chi connectivity index (χ2n) is 4.60. The number of rotatable bonds is 5. The molecule has 0 spiro atoms. The van der Waals surface area contributed by atoms with Gasteiger partial charge in [0, 0.05) is 10.7 Å². The van der Waals surface area contributed by atoms with Crippen molar-refractivity contribution < 1.29 is 17.9 Å². The van der Waals surface area contributed by atoms with E-state index in [4.69, 9.17) is 33.1 Å². The highest BCUT2D eigenvalue weighted by atomic mass is 79.9. The summed E-state index contributed by atoms with van der Waals surface area (Å²) in [7, 11) is -3.78. The normalized spacial score (nSPS) is 11.2. The summed E-state index contributed by atoms with van der Waals surface area (Å²) in [6.07, 6.45) is 0. The third-order valence-corrected chi connectivity index (χ3v) is 4.79. The number of nitrogens with two attached hydrogens (primary N) is 1. The van der Waals surface area contributed by atoms with Gasteiger partial charge in [-0.05, 0) is 52.3 Å². The van der Waals surface area contributed by atoms with Gasteiger partial charge < -0.3 is 10.1 Å². The number of carbonyl (C=O) groups excluding carboxylic acids is 1. The Kier molecular flexibility index (Phi) is 6.11. The summed E-state index contributed by atoms with van der Waals surface area (Å²) in [5, 5.41) is 8.25. The van der Waals surface area contributed by atoms with Crippen LogP contribution >= 0.6 is 39.1 Å². The highest BCUT2D eigenvalue weighted by molar-refractivity contribution is 9.10. The first-order valence-corrected chi connectivity index (χ1v) is 9.46. The maximum atomic E-state index is 11.9. The van der Waals surface area contributed by atoms with Crippen LogP contribution in [0.25, 0.3) is 0 Å². The molecule has 0 unspecified atom stereocenters. The largest absolute Gasteiger partial charge is 0.481 e. The summed E-state index contributed by atoms with van der Waals surface area (Å²) in [6, 6.07) is 8.50. The molecule has 0 aromatic heterocycles. The SMILES string of the molecule is NS(=O)(=O)c1ccc(NC(=O)COc2c(Cl)cc(Cl)cc2Br)cc1. The maximum Gasteiger partial charge on any atom is 0.262 e. The minimum absolute atomic E-state index is 0.0476. The third-order valence-electron chi connectivity index (χ3n) is 2.78.